The summed E-state index contributed by atoms with van der Waals surface area (Å²) in [5.41, 5.74) is 5.56. The SMILES string of the molecule is CCCCCCCCCCCCCCCOc1cccc2c1Cc1ccccc1-2. The maximum absolute atomic E-state index is 6.18. The molecule has 29 heavy (non-hydrogen) atoms. The maximum atomic E-state index is 6.18. The molecule has 1 nitrogen and oxygen atoms in total. The van der Waals surface area contributed by atoms with Crippen LogP contribution in [-0.2, 0) is 6.42 Å². The molecule has 2 aromatic carbocycles. The van der Waals surface area contributed by atoms with Crippen molar-refractivity contribution in [1.82, 2.24) is 0 Å². The Kier molecular flexibility index (Phi) is 9.63. The van der Waals surface area contributed by atoms with Gasteiger partial charge in [-0.2, -0.15) is 0 Å². The third-order valence-corrected chi connectivity index (χ3v) is 6.31. The summed E-state index contributed by atoms with van der Waals surface area (Å²) in [6, 6.07) is 15.3. The minimum absolute atomic E-state index is 0.852. The van der Waals surface area contributed by atoms with Gasteiger partial charge in [-0.1, -0.05) is 120 Å². The van der Waals surface area contributed by atoms with Crippen LogP contribution in [0.4, 0.5) is 0 Å². The fourth-order valence-electron chi connectivity index (χ4n) is 4.57. The Morgan fingerprint density at radius 3 is 1.90 bits per heavy atom. The zero-order valence-electron chi connectivity index (χ0n) is 18.6. The van der Waals surface area contributed by atoms with Crippen LogP contribution in [0.5, 0.6) is 5.75 Å². The van der Waals surface area contributed by atoms with Crippen molar-refractivity contribution in [3.63, 3.8) is 0 Å². The summed E-state index contributed by atoms with van der Waals surface area (Å²) in [6.07, 6.45) is 19.1. The summed E-state index contributed by atoms with van der Waals surface area (Å²) in [7, 11) is 0. The fraction of sp³-hybridized carbons (Fsp3) is 0.571. The molecule has 0 amide bonds. The van der Waals surface area contributed by atoms with E-state index in [-0.39, 0.29) is 0 Å². The molecule has 158 valence electrons. The largest absolute Gasteiger partial charge is 0.493 e. The van der Waals surface area contributed by atoms with Gasteiger partial charge in [0, 0.05) is 12.0 Å². The molecule has 0 saturated carbocycles. The van der Waals surface area contributed by atoms with Gasteiger partial charge < -0.3 is 4.74 Å². The predicted octanol–water partition coefficient (Wildman–Crippen LogP) is 8.73. The smallest absolute Gasteiger partial charge is 0.123 e. The van der Waals surface area contributed by atoms with E-state index in [1.165, 1.54) is 106 Å². The summed E-state index contributed by atoms with van der Waals surface area (Å²) in [5.74, 6) is 1.10. The van der Waals surface area contributed by atoms with Crippen molar-refractivity contribution < 1.29 is 4.74 Å². The van der Waals surface area contributed by atoms with Crippen molar-refractivity contribution in [2.75, 3.05) is 6.61 Å². The summed E-state index contributed by atoms with van der Waals surface area (Å²) in [6.45, 7) is 3.14. The minimum atomic E-state index is 0.852. The lowest BCUT2D eigenvalue weighted by Crippen LogP contribution is -2.00. The number of hydrogen-bond acceptors (Lipinski definition) is 1. The number of rotatable bonds is 15. The third kappa shape index (κ3) is 6.91. The Balaban J connectivity index is 1.22. The highest BCUT2D eigenvalue weighted by atomic mass is 16.5. The van der Waals surface area contributed by atoms with Gasteiger partial charge in [-0.25, -0.2) is 0 Å². The number of fused-ring (bicyclic) bond motifs is 3. The summed E-state index contributed by atoms with van der Waals surface area (Å²) in [5, 5.41) is 0. The molecule has 0 atom stereocenters. The van der Waals surface area contributed by atoms with E-state index in [4.69, 9.17) is 4.74 Å². The summed E-state index contributed by atoms with van der Waals surface area (Å²) < 4.78 is 6.18. The van der Waals surface area contributed by atoms with Crippen LogP contribution in [0, 0.1) is 0 Å². The zero-order chi connectivity index (χ0) is 20.2. The summed E-state index contributed by atoms with van der Waals surface area (Å²) >= 11 is 0. The second-order valence-corrected chi connectivity index (χ2v) is 8.71. The molecule has 1 aliphatic carbocycles. The average Bonchev–Trinajstić information content (AvgIpc) is 3.13. The first-order valence-corrected chi connectivity index (χ1v) is 12.2. The Hall–Kier alpha value is -1.76. The molecule has 1 heteroatoms. The monoisotopic (exact) mass is 392 g/mol. The normalized spacial score (nSPS) is 12.0. The van der Waals surface area contributed by atoms with E-state index in [2.05, 4.69) is 49.4 Å². The van der Waals surface area contributed by atoms with Crippen LogP contribution in [-0.4, -0.2) is 6.61 Å². The molecule has 3 rings (SSSR count). The van der Waals surface area contributed by atoms with Gasteiger partial charge in [0.15, 0.2) is 0 Å². The van der Waals surface area contributed by atoms with Gasteiger partial charge in [-0.3, -0.25) is 0 Å². The molecule has 0 spiro atoms. The first-order valence-electron chi connectivity index (χ1n) is 12.2. The first-order chi connectivity index (χ1) is 14.4. The van der Waals surface area contributed by atoms with E-state index < -0.39 is 0 Å². The molecule has 0 aliphatic heterocycles. The van der Waals surface area contributed by atoms with Gasteiger partial charge in [0.2, 0.25) is 0 Å². The quantitative estimate of drug-likeness (QED) is 0.235. The van der Waals surface area contributed by atoms with Crippen LogP contribution < -0.4 is 4.74 Å². The molecular weight excluding hydrogens is 352 g/mol. The van der Waals surface area contributed by atoms with Crippen LogP contribution in [0.3, 0.4) is 0 Å². The maximum Gasteiger partial charge on any atom is 0.123 e. The molecule has 0 heterocycles. The van der Waals surface area contributed by atoms with Crippen LogP contribution in [0.1, 0.15) is 102 Å². The fourth-order valence-corrected chi connectivity index (χ4v) is 4.57. The van der Waals surface area contributed by atoms with E-state index in [0.29, 0.717) is 0 Å². The van der Waals surface area contributed by atoms with Crippen molar-refractivity contribution in [3.8, 4) is 16.9 Å². The highest BCUT2D eigenvalue weighted by Gasteiger charge is 2.20. The van der Waals surface area contributed by atoms with Gasteiger partial charge in [0.1, 0.15) is 5.75 Å². The molecule has 0 saturated heterocycles. The van der Waals surface area contributed by atoms with Crippen LogP contribution >= 0.6 is 0 Å². The van der Waals surface area contributed by atoms with Gasteiger partial charge >= 0.3 is 0 Å². The molecule has 0 radical (unpaired) electrons. The van der Waals surface area contributed by atoms with Gasteiger partial charge in [0.05, 0.1) is 6.61 Å². The number of hydrogen-bond donors (Lipinski definition) is 0. The molecule has 0 N–H and O–H groups in total. The topological polar surface area (TPSA) is 9.23 Å². The number of benzene rings is 2. The third-order valence-electron chi connectivity index (χ3n) is 6.31. The molecule has 0 bridgehead atoms. The first kappa shape index (κ1) is 21.9. The second-order valence-electron chi connectivity index (χ2n) is 8.71. The van der Waals surface area contributed by atoms with Crippen LogP contribution in [0.15, 0.2) is 42.5 Å². The van der Waals surface area contributed by atoms with Crippen molar-refractivity contribution in [2.24, 2.45) is 0 Å². The molecule has 0 aromatic heterocycles. The van der Waals surface area contributed by atoms with Gasteiger partial charge in [0.25, 0.3) is 0 Å². The van der Waals surface area contributed by atoms with Gasteiger partial charge in [-0.15, -0.1) is 0 Å². The second kappa shape index (κ2) is 12.7. The molecule has 2 aromatic rings. The van der Waals surface area contributed by atoms with Gasteiger partial charge in [-0.05, 0) is 29.2 Å². The molecular formula is C28H40O. The standard InChI is InChI=1S/C28H40O/c1-2-3-4-5-6-7-8-9-10-11-12-13-16-22-29-28-21-17-20-26-25-19-15-14-18-24(25)23-27(26)28/h14-15,17-21H,2-13,16,22-23H2,1H3. The van der Waals surface area contributed by atoms with Crippen molar-refractivity contribution >= 4 is 0 Å². The minimum Gasteiger partial charge on any atom is -0.493 e. The lowest BCUT2D eigenvalue weighted by Gasteiger charge is -2.11. The molecule has 1 aliphatic rings. The van der Waals surface area contributed by atoms with Crippen molar-refractivity contribution in [3.05, 3.63) is 53.6 Å². The van der Waals surface area contributed by atoms with E-state index in [1.54, 1.807) is 0 Å². The Labute approximate surface area is 178 Å². The van der Waals surface area contributed by atoms with E-state index in [0.717, 1.165) is 18.8 Å². The highest BCUT2D eigenvalue weighted by Crippen LogP contribution is 2.40. The highest BCUT2D eigenvalue weighted by molar-refractivity contribution is 5.78. The lowest BCUT2D eigenvalue weighted by atomic mass is 10.0. The Bertz CT molecular complexity index is 718. The Morgan fingerprint density at radius 2 is 1.21 bits per heavy atom. The van der Waals surface area contributed by atoms with E-state index in [1.807, 2.05) is 0 Å². The van der Waals surface area contributed by atoms with E-state index in [9.17, 15) is 0 Å². The van der Waals surface area contributed by atoms with Crippen LogP contribution in [0.2, 0.25) is 0 Å². The summed E-state index contributed by atoms with van der Waals surface area (Å²) in [4.78, 5) is 0. The number of unbranched alkanes of at least 4 members (excludes halogenated alkanes) is 12. The molecule has 0 unspecified atom stereocenters. The number of ether oxygens (including phenoxy) is 1. The molecule has 0 fully saturated rings. The van der Waals surface area contributed by atoms with Crippen molar-refractivity contribution in [2.45, 2.75) is 96.8 Å². The predicted molar refractivity (Wildman–Crippen MR) is 126 cm³/mol. The average molecular weight is 393 g/mol. The van der Waals surface area contributed by atoms with Crippen molar-refractivity contribution in [1.29, 1.82) is 0 Å². The van der Waals surface area contributed by atoms with Crippen LogP contribution in [0.25, 0.3) is 11.1 Å². The lowest BCUT2D eigenvalue weighted by molar-refractivity contribution is 0.302. The zero-order valence-corrected chi connectivity index (χ0v) is 18.6. The van der Waals surface area contributed by atoms with E-state index >= 15 is 0 Å². The Morgan fingerprint density at radius 1 is 0.621 bits per heavy atom.